The maximum atomic E-state index is 14.0. The van der Waals surface area contributed by atoms with Gasteiger partial charge in [0, 0.05) is 12.5 Å². The van der Waals surface area contributed by atoms with Crippen molar-refractivity contribution >= 4 is 35.5 Å². The first-order valence-corrected chi connectivity index (χ1v) is 15.9. The number of ether oxygens (including phenoxy) is 1. The van der Waals surface area contributed by atoms with Gasteiger partial charge in [0.1, 0.15) is 24.7 Å². The van der Waals surface area contributed by atoms with Crippen LogP contribution in [0, 0.1) is 29.1 Å². The number of carbonyl (C=O) groups is 6. The number of nitrogens with zero attached hydrogens (tertiary/aromatic N) is 1. The van der Waals surface area contributed by atoms with Crippen molar-refractivity contribution in [3.8, 4) is 0 Å². The Kier molecular flexibility index (Phi) is 10.5. The van der Waals surface area contributed by atoms with Gasteiger partial charge in [-0.05, 0) is 48.0 Å². The van der Waals surface area contributed by atoms with Crippen molar-refractivity contribution in [2.75, 3.05) is 13.1 Å². The van der Waals surface area contributed by atoms with Crippen molar-refractivity contribution in [3.63, 3.8) is 0 Å². The lowest BCUT2D eigenvalue weighted by molar-refractivity contribution is -0.149. The summed E-state index contributed by atoms with van der Waals surface area (Å²) in [6.07, 6.45) is 3.69. The van der Waals surface area contributed by atoms with Gasteiger partial charge in [0.15, 0.2) is 0 Å². The predicted octanol–water partition coefficient (Wildman–Crippen LogP) is 2.22. The summed E-state index contributed by atoms with van der Waals surface area (Å²) >= 11 is 0. The second-order valence-electron chi connectivity index (χ2n) is 14.0. The number of rotatable bonds is 13. The normalized spacial score (nSPS) is 23.3. The average Bonchev–Trinajstić information content (AvgIpc) is 3.92. The van der Waals surface area contributed by atoms with Crippen LogP contribution in [0.3, 0.4) is 0 Å². The number of amides is 5. The first-order chi connectivity index (χ1) is 21.2. The van der Waals surface area contributed by atoms with Crippen molar-refractivity contribution < 1.29 is 33.5 Å². The van der Waals surface area contributed by atoms with Crippen LogP contribution < -0.4 is 21.7 Å². The number of likely N-dealkylation sites (tertiary alicyclic amines) is 1. The minimum absolute atomic E-state index is 0.0494. The lowest BCUT2D eigenvalue weighted by Crippen LogP contribution is -2.60. The number of primary amides is 1. The third-order valence-electron chi connectivity index (χ3n) is 9.13. The molecule has 3 unspecified atom stereocenters. The molecule has 3 aliphatic rings. The zero-order valence-electron chi connectivity index (χ0n) is 26.8. The van der Waals surface area contributed by atoms with Crippen LogP contribution in [-0.2, 0) is 28.7 Å². The molecule has 4 rings (SSSR count). The number of urea groups is 1. The van der Waals surface area contributed by atoms with Gasteiger partial charge in [-0.1, -0.05) is 77.8 Å². The van der Waals surface area contributed by atoms with Crippen LogP contribution >= 0.6 is 0 Å². The molecule has 12 nitrogen and oxygen atoms in total. The summed E-state index contributed by atoms with van der Waals surface area (Å²) in [5.74, 6) is -3.38. The minimum atomic E-state index is -1.11. The van der Waals surface area contributed by atoms with Gasteiger partial charge in [-0.3, -0.25) is 24.0 Å². The quantitative estimate of drug-likeness (QED) is 0.192. The van der Waals surface area contributed by atoms with Gasteiger partial charge in [0.2, 0.25) is 17.6 Å². The maximum absolute atomic E-state index is 14.0. The van der Waals surface area contributed by atoms with Crippen molar-refractivity contribution in [2.45, 2.75) is 91.0 Å². The summed E-state index contributed by atoms with van der Waals surface area (Å²) < 4.78 is 5.71. The van der Waals surface area contributed by atoms with Crippen LogP contribution in [-0.4, -0.2) is 71.6 Å². The maximum Gasteiger partial charge on any atom is 0.326 e. The molecule has 6 atom stereocenters. The van der Waals surface area contributed by atoms with Crippen LogP contribution in [0.4, 0.5) is 4.79 Å². The third kappa shape index (κ3) is 8.82. The first kappa shape index (κ1) is 33.9. The number of esters is 1. The second-order valence-corrected chi connectivity index (χ2v) is 14.0. The fourth-order valence-electron chi connectivity index (χ4n) is 5.95. The number of hydrogen-bond acceptors (Lipinski definition) is 7. The Morgan fingerprint density at radius 2 is 1.62 bits per heavy atom. The molecule has 0 spiro atoms. The van der Waals surface area contributed by atoms with E-state index >= 15 is 0 Å². The number of ketones is 1. The molecule has 2 saturated carbocycles. The third-order valence-corrected chi connectivity index (χ3v) is 9.13. The molecule has 1 aromatic rings. The molecule has 5 N–H and O–H groups in total. The Balaban J connectivity index is 1.40. The van der Waals surface area contributed by atoms with E-state index < -0.39 is 59.0 Å². The van der Waals surface area contributed by atoms with E-state index in [9.17, 15) is 28.8 Å². The van der Waals surface area contributed by atoms with Crippen LogP contribution in [0.5, 0.6) is 0 Å². The van der Waals surface area contributed by atoms with Crippen molar-refractivity contribution in [1.29, 1.82) is 0 Å². The number of benzene rings is 1. The zero-order chi connectivity index (χ0) is 33.1. The second kappa shape index (κ2) is 14.0. The molecule has 2 aliphatic carbocycles. The summed E-state index contributed by atoms with van der Waals surface area (Å²) in [5, 5.41) is 7.93. The SMILES string of the molecule is CC1CN(C(=O)[C@@H](NC(=O)NCC(=O)OC(c2ccccc2)C2CC2)C(C)(C)C)[C@H](C(=O)NC(CC2CC2)C(=O)C(N)=O)[C@H]1C. The molecule has 0 radical (unpaired) electrons. The molecule has 45 heavy (non-hydrogen) atoms. The molecular weight excluding hydrogens is 578 g/mol. The number of hydrogen-bond donors (Lipinski definition) is 4. The smallest absolute Gasteiger partial charge is 0.326 e. The fraction of sp³-hybridized carbons (Fsp3) is 0.636. The molecule has 0 aromatic heterocycles. The van der Waals surface area contributed by atoms with Crippen LogP contribution in [0.1, 0.15) is 78.4 Å². The summed E-state index contributed by atoms with van der Waals surface area (Å²) in [5.41, 5.74) is 5.40. The van der Waals surface area contributed by atoms with Gasteiger partial charge in [-0.2, -0.15) is 0 Å². The largest absolute Gasteiger partial charge is 0.456 e. The Morgan fingerprint density at radius 3 is 2.18 bits per heavy atom. The highest BCUT2D eigenvalue weighted by Gasteiger charge is 2.48. The van der Waals surface area contributed by atoms with E-state index in [1.807, 2.05) is 44.2 Å². The summed E-state index contributed by atoms with van der Waals surface area (Å²) in [7, 11) is 0. The van der Waals surface area contributed by atoms with E-state index in [1.54, 1.807) is 20.8 Å². The monoisotopic (exact) mass is 625 g/mol. The molecule has 5 amide bonds. The Hall–Kier alpha value is -3.96. The highest BCUT2D eigenvalue weighted by molar-refractivity contribution is 6.37. The van der Waals surface area contributed by atoms with Gasteiger partial charge in [-0.15, -0.1) is 0 Å². The predicted molar refractivity (Wildman–Crippen MR) is 165 cm³/mol. The number of nitrogens with one attached hydrogen (secondary N) is 3. The number of carbonyl (C=O) groups excluding carboxylic acids is 6. The number of nitrogens with two attached hydrogens (primary N) is 1. The van der Waals surface area contributed by atoms with E-state index in [2.05, 4.69) is 16.0 Å². The van der Waals surface area contributed by atoms with Crippen molar-refractivity contribution in [2.24, 2.45) is 34.8 Å². The lowest BCUT2D eigenvalue weighted by Gasteiger charge is -2.36. The van der Waals surface area contributed by atoms with Gasteiger partial charge < -0.3 is 31.3 Å². The van der Waals surface area contributed by atoms with E-state index in [0.29, 0.717) is 6.42 Å². The van der Waals surface area contributed by atoms with Gasteiger partial charge in [0.05, 0.1) is 6.04 Å². The van der Waals surface area contributed by atoms with Crippen molar-refractivity contribution in [3.05, 3.63) is 35.9 Å². The lowest BCUT2D eigenvalue weighted by atomic mass is 9.85. The van der Waals surface area contributed by atoms with Crippen LogP contribution in [0.25, 0.3) is 0 Å². The molecular formula is C33H47N5O7. The highest BCUT2D eigenvalue weighted by Crippen LogP contribution is 2.43. The molecule has 1 aromatic carbocycles. The summed E-state index contributed by atoms with van der Waals surface area (Å²) in [4.78, 5) is 78.9. The van der Waals surface area contributed by atoms with E-state index in [4.69, 9.17) is 10.5 Å². The molecule has 1 saturated heterocycles. The van der Waals surface area contributed by atoms with Gasteiger partial charge in [-0.25, -0.2) is 4.79 Å². The van der Waals surface area contributed by atoms with Crippen LogP contribution in [0.15, 0.2) is 30.3 Å². The Bertz CT molecular complexity index is 1290. The molecule has 246 valence electrons. The molecule has 1 aliphatic heterocycles. The van der Waals surface area contributed by atoms with Gasteiger partial charge >= 0.3 is 12.0 Å². The number of Topliss-reactive ketones (excluding diaryl/α,β-unsaturated/α-hetero) is 1. The highest BCUT2D eigenvalue weighted by atomic mass is 16.5. The Labute approximate surface area is 264 Å². The first-order valence-electron chi connectivity index (χ1n) is 15.9. The molecule has 3 fully saturated rings. The van der Waals surface area contributed by atoms with E-state index in [1.165, 1.54) is 4.90 Å². The van der Waals surface area contributed by atoms with E-state index in [0.717, 1.165) is 31.2 Å². The molecule has 1 heterocycles. The van der Waals surface area contributed by atoms with Crippen molar-refractivity contribution in [1.82, 2.24) is 20.9 Å². The Morgan fingerprint density at radius 1 is 0.978 bits per heavy atom. The minimum Gasteiger partial charge on any atom is -0.456 e. The molecule has 12 heteroatoms. The summed E-state index contributed by atoms with van der Waals surface area (Å²) in [6.45, 7) is 9.04. The fourth-order valence-corrected chi connectivity index (χ4v) is 5.95. The van der Waals surface area contributed by atoms with Gasteiger partial charge in [0.25, 0.3) is 5.91 Å². The summed E-state index contributed by atoms with van der Waals surface area (Å²) in [6, 6.07) is 5.75. The van der Waals surface area contributed by atoms with Crippen LogP contribution in [0.2, 0.25) is 0 Å². The molecule has 0 bridgehead atoms. The standard InChI is InChI=1S/C33H47N5O7/c1-18-17-38(25(19(18)2)30(42)36-23(15-20-11-12-20)26(40)29(34)41)31(43)28(33(3,4)5)37-32(44)35-16-24(39)45-27(22-13-14-22)21-9-7-6-8-10-21/h6-10,18-20,22-23,25,27-28H,11-17H2,1-5H3,(H2,34,41)(H,36,42)(H2,35,37,44)/t18?,19-,23?,25-,27?,28+/m0/s1. The topological polar surface area (TPSA) is 177 Å². The average molecular weight is 626 g/mol. The van der Waals surface area contributed by atoms with E-state index in [-0.39, 0.29) is 42.9 Å². The zero-order valence-corrected chi connectivity index (χ0v) is 26.8.